The summed E-state index contributed by atoms with van der Waals surface area (Å²) in [4.78, 5) is 3.51. The van der Waals surface area contributed by atoms with Gasteiger partial charge in [-0.3, -0.25) is 0 Å². The van der Waals surface area contributed by atoms with E-state index in [0.29, 0.717) is 11.4 Å². The fraction of sp³-hybridized carbons (Fsp3) is 0.312. The summed E-state index contributed by atoms with van der Waals surface area (Å²) in [6, 6.07) is 5.75. The predicted molar refractivity (Wildman–Crippen MR) is 93.7 cm³/mol. The minimum atomic E-state index is -3.79. The van der Waals surface area contributed by atoms with Crippen LogP contribution in [0.1, 0.15) is 26.3 Å². The van der Waals surface area contributed by atoms with E-state index in [4.69, 9.17) is 11.6 Å². The Labute approximate surface area is 146 Å². The fourth-order valence-corrected chi connectivity index (χ4v) is 3.98. The van der Waals surface area contributed by atoms with Gasteiger partial charge in [0.05, 0.1) is 5.02 Å². The van der Waals surface area contributed by atoms with Crippen LogP contribution in [0.4, 0.5) is 15.8 Å². The first-order chi connectivity index (χ1) is 11.0. The Morgan fingerprint density at radius 2 is 1.88 bits per heavy atom. The molecule has 0 aliphatic heterocycles. The van der Waals surface area contributed by atoms with Gasteiger partial charge in [0.15, 0.2) is 0 Å². The molecule has 130 valence electrons. The topological polar surface area (TPSA) is 71.1 Å². The molecule has 0 atom stereocenters. The van der Waals surface area contributed by atoms with Gasteiger partial charge in [-0.05, 0) is 51.5 Å². The lowest BCUT2D eigenvalue weighted by Gasteiger charge is -2.21. The van der Waals surface area contributed by atoms with E-state index >= 15 is 0 Å². The molecule has 0 amide bonds. The molecular formula is C16H19ClFN3O2S. The van der Waals surface area contributed by atoms with E-state index in [2.05, 4.69) is 15.0 Å². The van der Waals surface area contributed by atoms with Gasteiger partial charge in [0.1, 0.15) is 4.90 Å². The maximum Gasteiger partial charge on any atom is 0.242 e. The van der Waals surface area contributed by atoms with Crippen LogP contribution in [0.2, 0.25) is 5.02 Å². The average molecular weight is 372 g/mol. The molecule has 0 unspecified atom stereocenters. The van der Waals surface area contributed by atoms with Crippen LogP contribution in [0.5, 0.6) is 0 Å². The van der Waals surface area contributed by atoms with Crippen molar-refractivity contribution in [1.29, 1.82) is 0 Å². The minimum Gasteiger partial charge on any atom is -0.355 e. The van der Waals surface area contributed by atoms with Crippen LogP contribution < -0.4 is 10.0 Å². The predicted octanol–water partition coefficient (Wildman–Crippen LogP) is 4.00. The summed E-state index contributed by atoms with van der Waals surface area (Å²) in [6.45, 7) is 6.99. The number of halogens is 2. The third kappa shape index (κ3) is 4.66. The van der Waals surface area contributed by atoms with E-state index in [-0.39, 0.29) is 9.92 Å². The highest BCUT2D eigenvalue weighted by Crippen LogP contribution is 2.28. The van der Waals surface area contributed by atoms with Crippen LogP contribution in [0, 0.1) is 12.9 Å². The van der Waals surface area contributed by atoms with Gasteiger partial charge < -0.3 is 5.32 Å². The lowest BCUT2D eigenvalue weighted by molar-refractivity contribution is 0.491. The van der Waals surface area contributed by atoms with Gasteiger partial charge in [-0.1, -0.05) is 11.6 Å². The van der Waals surface area contributed by atoms with Crippen molar-refractivity contribution in [1.82, 2.24) is 9.71 Å². The first-order valence-electron chi connectivity index (χ1n) is 7.21. The molecule has 0 aliphatic rings. The van der Waals surface area contributed by atoms with Crippen LogP contribution >= 0.6 is 11.6 Å². The lowest BCUT2D eigenvalue weighted by atomic mass is 10.1. The monoisotopic (exact) mass is 371 g/mol. The molecule has 0 saturated carbocycles. The smallest absolute Gasteiger partial charge is 0.242 e. The third-order valence-electron chi connectivity index (χ3n) is 3.01. The Kier molecular flexibility index (Phi) is 5.17. The second kappa shape index (κ2) is 6.66. The normalized spacial score (nSPS) is 12.2. The highest BCUT2D eigenvalue weighted by atomic mass is 35.5. The first-order valence-corrected chi connectivity index (χ1v) is 9.07. The van der Waals surface area contributed by atoms with Crippen molar-refractivity contribution in [3.63, 3.8) is 0 Å². The molecule has 0 fully saturated rings. The van der Waals surface area contributed by atoms with Crippen LogP contribution in [-0.4, -0.2) is 18.9 Å². The molecule has 1 aromatic heterocycles. The van der Waals surface area contributed by atoms with Crippen molar-refractivity contribution >= 4 is 33.0 Å². The Morgan fingerprint density at radius 1 is 1.21 bits per heavy atom. The summed E-state index contributed by atoms with van der Waals surface area (Å²) in [6.07, 6.45) is 1.40. The number of pyridine rings is 1. The Morgan fingerprint density at radius 3 is 2.50 bits per heavy atom. The van der Waals surface area contributed by atoms with Crippen LogP contribution in [0.15, 0.2) is 35.4 Å². The summed E-state index contributed by atoms with van der Waals surface area (Å²) in [5, 5.41) is 3.09. The second-order valence-electron chi connectivity index (χ2n) is 6.45. The molecule has 1 heterocycles. The summed E-state index contributed by atoms with van der Waals surface area (Å²) in [5.74, 6) is -0.626. The molecule has 0 saturated heterocycles. The van der Waals surface area contributed by atoms with Crippen molar-refractivity contribution in [2.75, 3.05) is 5.32 Å². The third-order valence-corrected chi connectivity index (χ3v) is 5.25. The minimum absolute atomic E-state index is 0.0451. The zero-order chi connectivity index (χ0) is 18.1. The van der Waals surface area contributed by atoms with Crippen LogP contribution in [0.3, 0.4) is 0 Å². The number of aryl methyl sites for hydroxylation is 1. The van der Waals surface area contributed by atoms with Gasteiger partial charge in [-0.15, -0.1) is 0 Å². The van der Waals surface area contributed by atoms with E-state index in [9.17, 15) is 12.8 Å². The molecule has 0 aliphatic carbocycles. The number of sulfonamides is 1. The van der Waals surface area contributed by atoms with E-state index in [0.717, 1.165) is 5.56 Å². The van der Waals surface area contributed by atoms with Crippen LogP contribution in [0.25, 0.3) is 0 Å². The Bertz CT molecular complexity index is 864. The highest BCUT2D eigenvalue weighted by Gasteiger charge is 2.24. The Balaban J connectivity index is 2.40. The molecule has 2 aromatic rings. The number of nitrogens with zero attached hydrogens (tertiary/aromatic N) is 1. The van der Waals surface area contributed by atoms with Crippen molar-refractivity contribution in [2.45, 2.75) is 38.1 Å². The van der Waals surface area contributed by atoms with Crippen molar-refractivity contribution < 1.29 is 12.8 Å². The van der Waals surface area contributed by atoms with E-state index in [1.54, 1.807) is 33.8 Å². The molecule has 0 bridgehead atoms. The molecule has 5 nitrogen and oxygen atoms in total. The summed E-state index contributed by atoms with van der Waals surface area (Å²) in [7, 11) is -3.79. The Hall–Kier alpha value is -1.70. The molecule has 0 radical (unpaired) electrons. The largest absolute Gasteiger partial charge is 0.355 e. The van der Waals surface area contributed by atoms with Gasteiger partial charge in [0.2, 0.25) is 16.0 Å². The van der Waals surface area contributed by atoms with E-state index in [1.807, 2.05) is 0 Å². The number of nitrogens with one attached hydrogen (secondary N) is 2. The molecule has 1 aromatic carbocycles. The van der Waals surface area contributed by atoms with E-state index < -0.39 is 21.5 Å². The van der Waals surface area contributed by atoms with Crippen molar-refractivity contribution in [3.8, 4) is 0 Å². The molecule has 2 N–H and O–H groups in total. The zero-order valence-electron chi connectivity index (χ0n) is 13.8. The molecule has 24 heavy (non-hydrogen) atoms. The number of benzene rings is 1. The van der Waals surface area contributed by atoms with Crippen molar-refractivity contribution in [3.05, 3.63) is 47.0 Å². The number of hydrogen-bond acceptors (Lipinski definition) is 4. The van der Waals surface area contributed by atoms with Gasteiger partial charge in [0, 0.05) is 29.2 Å². The molecule has 0 spiro atoms. The second-order valence-corrected chi connectivity index (χ2v) is 8.51. The summed E-state index contributed by atoms with van der Waals surface area (Å²) in [5.41, 5.74) is 1.05. The van der Waals surface area contributed by atoms with Crippen molar-refractivity contribution in [2.24, 2.45) is 0 Å². The number of aromatic nitrogens is 1. The molecular weight excluding hydrogens is 353 g/mol. The fourth-order valence-electron chi connectivity index (χ4n) is 2.03. The summed E-state index contributed by atoms with van der Waals surface area (Å²) < 4.78 is 40.8. The first kappa shape index (κ1) is 18.6. The maximum atomic E-state index is 13.3. The number of rotatable bonds is 4. The van der Waals surface area contributed by atoms with Gasteiger partial charge in [-0.25, -0.2) is 18.1 Å². The maximum absolute atomic E-state index is 13.3. The zero-order valence-corrected chi connectivity index (χ0v) is 15.4. The van der Waals surface area contributed by atoms with Crippen LogP contribution in [-0.2, 0) is 10.0 Å². The number of hydrogen-bond donors (Lipinski definition) is 2. The summed E-state index contributed by atoms with van der Waals surface area (Å²) >= 11 is 6.05. The van der Waals surface area contributed by atoms with Gasteiger partial charge >= 0.3 is 0 Å². The average Bonchev–Trinajstić information content (AvgIpc) is 2.42. The van der Waals surface area contributed by atoms with Gasteiger partial charge in [-0.2, -0.15) is 4.39 Å². The molecule has 2 rings (SSSR count). The van der Waals surface area contributed by atoms with Gasteiger partial charge in [0.25, 0.3) is 0 Å². The van der Waals surface area contributed by atoms with E-state index in [1.165, 1.54) is 24.4 Å². The highest BCUT2D eigenvalue weighted by molar-refractivity contribution is 7.89. The quantitative estimate of drug-likeness (QED) is 0.797. The SMILES string of the molecule is Cc1cnc(F)cc1Nc1ccc(Cl)c(S(=O)(=O)NC(C)(C)C)c1. The standard InChI is InChI=1S/C16H19ClFN3O2S/c1-10-9-19-15(18)8-13(10)20-11-5-6-12(17)14(7-11)24(22,23)21-16(2,3)4/h5-9,21H,1-4H3,(H,19,20). The number of anilines is 2. The molecule has 8 heteroatoms. The lowest BCUT2D eigenvalue weighted by Crippen LogP contribution is -2.40.